The molecule has 0 aromatic heterocycles. The second kappa shape index (κ2) is 10.4. The largest absolute Gasteiger partial charge is 0.131 e. The lowest BCUT2D eigenvalue weighted by molar-refractivity contribution is 0.285. The van der Waals surface area contributed by atoms with Crippen molar-refractivity contribution < 1.29 is 0 Å². The minimum atomic E-state index is 0.535. The van der Waals surface area contributed by atoms with Gasteiger partial charge in [0, 0.05) is 0 Å². The highest BCUT2D eigenvalue weighted by atomic mass is 31.0. The molecule has 17 heavy (non-hydrogen) atoms. The van der Waals surface area contributed by atoms with Crippen molar-refractivity contribution in [2.24, 2.45) is 5.92 Å². The van der Waals surface area contributed by atoms with Crippen molar-refractivity contribution in [1.82, 2.24) is 0 Å². The normalized spacial score (nSPS) is 13.9. The van der Waals surface area contributed by atoms with Gasteiger partial charge in [0.25, 0.3) is 0 Å². The Labute approximate surface area is 113 Å². The van der Waals surface area contributed by atoms with Gasteiger partial charge in [-0.2, -0.15) is 0 Å². The fourth-order valence-electron chi connectivity index (χ4n) is 3.17. The first-order valence-corrected chi connectivity index (χ1v) is 8.51. The molecule has 0 amide bonds. The second-order valence-corrected chi connectivity index (χ2v) is 6.86. The van der Waals surface area contributed by atoms with Crippen molar-refractivity contribution in [2.45, 2.75) is 97.1 Å². The molecule has 0 radical (unpaired) electrons. The van der Waals surface area contributed by atoms with E-state index in [1.165, 1.54) is 64.2 Å². The summed E-state index contributed by atoms with van der Waals surface area (Å²) in [6.07, 6.45) is 13.9. The summed E-state index contributed by atoms with van der Waals surface area (Å²) in [6, 6.07) is 0. The highest BCUT2D eigenvalue weighted by Gasteiger charge is 2.31. The molecule has 0 saturated carbocycles. The lowest BCUT2D eigenvalue weighted by Gasteiger charge is -2.38. The van der Waals surface area contributed by atoms with Crippen LogP contribution in [-0.4, -0.2) is 5.16 Å². The quantitative estimate of drug-likeness (QED) is 0.306. The van der Waals surface area contributed by atoms with Crippen LogP contribution in [0.5, 0.6) is 0 Å². The summed E-state index contributed by atoms with van der Waals surface area (Å²) in [4.78, 5) is 0. The molecule has 0 heterocycles. The van der Waals surface area contributed by atoms with E-state index in [9.17, 15) is 0 Å². The number of unbranched alkanes of at least 4 members (excludes halogenated alkanes) is 2. The minimum absolute atomic E-state index is 0.535. The Bertz CT molecular complexity index is 159. The summed E-state index contributed by atoms with van der Waals surface area (Å²) in [7, 11) is 3.26. The maximum Gasteiger partial charge on any atom is -0.0122 e. The van der Waals surface area contributed by atoms with Crippen LogP contribution >= 0.6 is 9.24 Å². The van der Waals surface area contributed by atoms with E-state index in [0.29, 0.717) is 5.16 Å². The van der Waals surface area contributed by atoms with Gasteiger partial charge in [0.15, 0.2) is 0 Å². The Morgan fingerprint density at radius 3 is 1.76 bits per heavy atom. The van der Waals surface area contributed by atoms with Crippen LogP contribution in [0.4, 0.5) is 0 Å². The van der Waals surface area contributed by atoms with E-state index >= 15 is 0 Å². The highest BCUT2D eigenvalue weighted by molar-refractivity contribution is 7.19. The molecule has 0 saturated heterocycles. The topological polar surface area (TPSA) is 0 Å². The van der Waals surface area contributed by atoms with E-state index in [4.69, 9.17) is 0 Å². The van der Waals surface area contributed by atoms with Gasteiger partial charge >= 0.3 is 0 Å². The van der Waals surface area contributed by atoms with Crippen LogP contribution in [0, 0.1) is 5.92 Å². The van der Waals surface area contributed by atoms with Gasteiger partial charge in [-0.25, -0.2) is 0 Å². The lowest BCUT2D eigenvalue weighted by Crippen LogP contribution is -2.31. The van der Waals surface area contributed by atoms with Crippen molar-refractivity contribution in [3.63, 3.8) is 0 Å². The van der Waals surface area contributed by atoms with Crippen molar-refractivity contribution in [2.75, 3.05) is 0 Å². The van der Waals surface area contributed by atoms with Gasteiger partial charge < -0.3 is 0 Å². The fraction of sp³-hybridized carbons (Fsp3) is 1.00. The average molecular weight is 258 g/mol. The Hall–Kier alpha value is 0.430. The van der Waals surface area contributed by atoms with E-state index in [1.54, 1.807) is 0 Å². The van der Waals surface area contributed by atoms with Gasteiger partial charge in [0.2, 0.25) is 0 Å². The third-order valence-corrected chi connectivity index (χ3v) is 5.09. The maximum atomic E-state index is 3.26. The molecule has 0 spiro atoms. The first-order chi connectivity index (χ1) is 8.14. The Kier molecular flexibility index (Phi) is 10.6. The third-order valence-electron chi connectivity index (χ3n) is 4.04. The Morgan fingerprint density at radius 1 is 0.765 bits per heavy atom. The average Bonchev–Trinajstić information content (AvgIpc) is 2.29. The summed E-state index contributed by atoms with van der Waals surface area (Å²) in [5.74, 6) is 0.934. The molecule has 2 unspecified atom stereocenters. The molecule has 0 N–H and O–H groups in total. The van der Waals surface area contributed by atoms with Crippen LogP contribution in [-0.2, 0) is 0 Å². The van der Waals surface area contributed by atoms with Crippen molar-refractivity contribution in [3.8, 4) is 0 Å². The monoisotopic (exact) mass is 258 g/mol. The molecular formula is C16H35P. The van der Waals surface area contributed by atoms with Crippen LogP contribution in [0.15, 0.2) is 0 Å². The second-order valence-electron chi connectivity index (χ2n) is 5.71. The molecular weight excluding hydrogens is 223 g/mol. The number of rotatable bonds is 11. The molecule has 0 nitrogen and oxygen atoms in total. The van der Waals surface area contributed by atoms with Crippen molar-refractivity contribution in [3.05, 3.63) is 0 Å². The third kappa shape index (κ3) is 6.80. The molecule has 0 fully saturated rings. The van der Waals surface area contributed by atoms with E-state index < -0.39 is 0 Å². The standard InChI is InChI=1S/C16H35P/c1-5-9-10-12-15(11-6-2)16(17,13-7-3)14-8-4/h15H,5-14,17H2,1-4H3. The van der Waals surface area contributed by atoms with Gasteiger partial charge in [0.05, 0.1) is 0 Å². The zero-order valence-corrected chi connectivity index (χ0v) is 13.9. The van der Waals surface area contributed by atoms with Gasteiger partial charge in [-0.05, 0) is 36.8 Å². The van der Waals surface area contributed by atoms with Crippen molar-refractivity contribution in [1.29, 1.82) is 0 Å². The molecule has 104 valence electrons. The maximum absolute atomic E-state index is 3.26. The molecule has 0 aromatic carbocycles. The van der Waals surface area contributed by atoms with Gasteiger partial charge in [0.1, 0.15) is 0 Å². The zero-order chi connectivity index (χ0) is 13.1. The summed E-state index contributed by atoms with van der Waals surface area (Å²) in [5, 5.41) is 0.535. The molecule has 1 heteroatoms. The Balaban J connectivity index is 4.45. The molecule has 0 aliphatic carbocycles. The number of hydrogen-bond acceptors (Lipinski definition) is 0. The number of hydrogen-bond donors (Lipinski definition) is 0. The van der Waals surface area contributed by atoms with Crippen LogP contribution in [0.1, 0.15) is 91.9 Å². The summed E-state index contributed by atoms with van der Waals surface area (Å²) < 4.78 is 0. The smallest absolute Gasteiger partial charge is 0.0122 e. The zero-order valence-electron chi connectivity index (χ0n) is 12.7. The van der Waals surface area contributed by atoms with Gasteiger partial charge in [-0.15, -0.1) is 9.24 Å². The summed E-state index contributed by atoms with van der Waals surface area (Å²) in [5.41, 5.74) is 0. The first-order valence-electron chi connectivity index (χ1n) is 7.93. The highest BCUT2D eigenvalue weighted by Crippen LogP contribution is 2.42. The predicted octanol–water partition coefficient (Wildman–Crippen LogP) is 6.20. The summed E-state index contributed by atoms with van der Waals surface area (Å²) in [6.45, 7) is 9.32. The molecule has 0 aromatic rings. The predicted molar refractivity (Wildman–Crippen MR) is 84.8 cm³/mol. The summed E-state index contributed by atoms with van der Waals surface area (Å²) >= 11 is 0. The van der Waals surface area contributed by atoms with Crippen LogP contribution in [0.3, 0.4) is 0 Å². The van der Waals surface area contributed by atoms with E-state index in [-0.39, 0.29) is 0 Å². The first kappa shape index (κ1) is 17.4. The molecule has 0 aliphatic rings. The van der Waals surface area contributed by atoms with Crippen molar-refractivity contribution >= 4 is 9.24 Å². The van der Waals surface area contributed by atoms with Gasteiger partial charge in [-0.3, -0.25) is 0 Å². The van der Waals surface area contributed by atoms with Crippen LogP contribution in [0.25, 0.3) is 0 Å². The van der Waals surface area contributed by atoms with Crippen LogP contribution in [0.2, 0.25) is 0 Å². The fourth-order valence-corrected chi connectivity index (χ4v) is 4.08. The molecule has 0 aliphatic heterocycles. The lowest BCUT2D eigenvalue weighted by atomic mass is 9.78. The van der Waals surface area contributed by atoms with E-state index in [2.05, 4.69) is 36.9 Å². The molecule has 0 bridgehead atoms. The van der Waals surface area contributed by atoms with Crippen LogP contribution < -0.4 is 0 Å². The Morgan fingerprint density at radius 2 is 1.35 bits per heavy atom. The van der Waals surface area contributed by atoms with E-state index in [1.807, 2.05) is 0 Å². The van der Waals surface area contributed by atoms with Gasteiger partial charge in [-0.1, -0.05) is 66.2 Å². The minimum Gasteiger partial charge on any atom is -0.131 e. The molecule has 0 rings (SSSR count). The van der Waals surface area contributed by atoms with E-state index in [0.717, 1.165) is 5.92 Å². The molecule has 2 atom stereocenters. The SMILES string of the molecule is CCCCCC(CCC)C(P)(CCC)CCC.